The molecule has 6 nitrogen and oxygen atoms in total. The number of anilines is 1. The number of piperazine rings is 1. The summed E-state index contributed by atoms with van der Waals surface area (Å²) in [5.41, 5.74) is 1.19. The Morgan fingerprint density at radius 2 is 1.61 bits per heavy atom. The molecule has 0 atom stereocenters. The highest BCUT2D eigenvalue weighted by atomic mass is 35.5. The van der Waals surface area contributed by atoms with E-state index in [4.69, 9.17) is 11.6 Å². The largest absolute Gasteiger partial charge is 0.353 e. The maximum Gasteiger partial charge on any atom is 0.225 e. The highest BCUT2D eigenvalue weighted by molar-refractivity contribution is 6.30. The SMILES string of the molecule is O=C(CCc1ccccc1)N1CCC(C(=O)N2CCN(c3ccc(Cl)cn3)CC2)CC1. The van der Waals surface area contributed by atoms with Crippen LogP contribution in [0.1, 0.15) is 24.8 Å². The van der Waals surface area contributed by atoms with Gasteiger partial charge in [-0.2, -0.15) is 0 Å². The van der Waals surface area contributed by atoms with Gasteiger partial charge in [0.15, 0.2) is 0 Å². The summed E-state index contributed by atoms with van der Waals surface area (Å²) in [7, 11) is 0. The molecule has 0 unspecified atom stereocenters. The zero-order valence-corrected chi connectivity index (χ0v) is 18.5. The third-order valence-electron chi connectivity index (χ3n) is 6.29. The fourth-order valence-electron chi connectivity index (χ4n) is 4.40. The van der Waals surface area contributed by atoms with Crippen molar-refractivity contribution < 1.29 is 9.59 Å². The van der Waals surface area contributed by atoms with Crippen LogP contribution in [-0.2, 0) is 16.0 Å². The third kappa shape index (κ3) is 5.56. The quantitative estimate of drug-likeness (QED) is 0.716. The lowest BCUT2D eigenvalue weighted by molar-refractivity contribution is -0.141. The Labute approximate surface area is 188 Å². The van der Waals surface area contributed by atoms with E-state index < -0.39 is 0 Å². The summed E-state index contributed by atoms with van der Waals surface area (Å²) in [6.07, 6.45) is 4.47. The third-order valence-corrected chi connectivity index (χ3v) is 6.52. The molecule has 7 heteroatoms. The van der Waals surface area contributed by atoms with Crippen LogP contribution in [0.4, 0.5) is 5.82 Å². The van der Waals surface area contributed by atoms with Gasteiger partial charge in [0.2, 0.25) is 11.8 Å². The molecule has 4 rings (SSSR count). The molecule has 0 saturated carbocycles. The van der Waals surface area contributed by atoms with Gasteiger partial charge < -0.3 is 14.7 Å². The lowest BCUT2D eigenvalue weighted by atomic mass is 9.94. The average molecular weight is 441 g/mol. The van der Waals surface area contributed by atoms with Gasteiger partial charge in [-0.25, -0.2) is 4.98 Å². The highest BCUT2D eigenvalue weighted by Crippen LogP contribution is 2.23. The number of benzene rings is 1. The van der Waals surface area contributed by atoms with E-state index in [0.29, 0.717) is 37.6 Å². The molecule has 0 N–H and O–H groups in total. The lowest BCUT2D eigenvalue weighted by Gasteiger charge is -2.39. The zero-order valence-electron chi connectivity index (χ0n) is 17.8. The monoisotopic (exact) mass is 440 g/mol. The smallest absolute Gasteiger partial charge is 0.225 e. The van der Waals surface area contributed by atoms with Crippen LogP contribution in [-0.4, -0.2) is 65.9 Å². The molecule has 2 aromatic rings. The van der Waals surface area contributed by atoms with Crippen molar-refractivity contribution in [2.45, 2.75) is 25.7 Å². The fourth-order valence-corrected chi connectivity index (χ4v) is 4.51. The zero-order chi connectivity index (χ0) is 21.6. The van der Waals surface area contributed by atoms with Crippen LogP contribution in [0.5, 0.6) is 0 Å². The van der Waals surface area contributed by atoms with Gasteiger partial charge in [-0.3, -0.25) is 9.59 Å². The molecule has 1 aromatic carbocycles. The second-order valence-electron chi connectivity index (χ2n) is 8.29. The number of amides is 2. The van der Waals surface area contributed by atoms with Gasteiger partial charge in [0, 0.05) is 57.8 Å². The summed E-state index contributed by atoms with van der Waals surface area (Å²) in [6.45, 7) is 4.32. The Balaban J connectivity index is 1.20. The number of halogens is 1. The Morgan fingerprint density at radius 3 is 2.26 bits per heavy atom. The molecule has 3 heterocycles. The number of nitrogens with zero attached hydrogens (tertiary/aromatic N) is 4. The minimum Gasteiger partial charge on any atom is -0.353 e. The van der Waals surface area contributed by atoms with Crippen LogP contribution in [0, 0.1) is 5.92 Å². The summed E-state index contributed by atoms with van der Waals surface area (Å²) in [4.78, 5) is 36.0. The molecular formula is C24H29ClN4O2. The Hall–Kier alpha value is -2.60. The second kappa shape index (κ2) is 10.1. The van der Waals surface area contributed by atoms with E-state index in [-0.39, 0.29) is 17.7 Å². The van der Waals surface area contributed by atoms with Crippen LogP contribution in [0.2, 0.25) is 5.02 Å². The van der Waals surface area contributed by atoms with Crippen LogP contribution in [0.3, 0.4) is 0 Å². The maximum atomic E-state index is 13.0. The number of carbonyl (C=O) groups excluding carboxylic acids is 2. The molecule has 1 aromatic heterocycles. The number of carbonyl (C=O) groups is 2. The van der Waals surface area contributed by atoms with E-state index in [1.807, 2.05) is 40.1 Å². The van der Waals surface area contributed by atoms with Crippen molar-refractivity contribution in [3.8, 4) is 0 Å². The number of hydrogen-bond acceptors (Lipinski definition) is 4. The van der Waals surface area contributed by atoms with Crippen molar-refractivity contribution in [2.24, 2.45) is 5.92 Å². The number of aryl methyl sites for hydroxylation is 1. The van der Waals surface area contributed by atoms with Crippen molar-refractivity contribution in [1.82, 2.24) is 14.8 Å². The van der Waals surface area contributed by atoms with Crippen molar-refractivity contribution in [3.05, 3.63) is 59.2 Å². The molecular weight excluding hydrogens is 412 g/mol. The molecule has 0 bridgehead atoms. The second-order valence-corrected chi connectivity index (χ2v) is 8.72. The fraction of sp³-hybridized carbons (Fsp3) is 0.458. The summed E-state index contributed by atoms with van der Waals surface area (Å²) in [5, 5.41) is 0.627. The first-order valence-electron chi connectivity index (χ1n) is 11.1. The molecule has 0 radical (unpaired) electrons. The van der Waals surface area contributed by atoms with Crippen LogP contribution >= 0.6 is 11.6 Å². The highest BCUT2D eigenvalue weighted by Gasteiger charge is 2.31. The van der Waals surface area contributed by atoms with Crippen molar-refractivity contribution in [1.29, 1.82) is 0 Å². The molecule has 164 valence electrons. The minimum absolute atomic E-state index is 0.0263. The van der Waals surface area contributed by atoms with Crippen molar-refractivity contribution in [3.63, 3.8) is 0 Å². The standard InChI is InChI=1S/C24H29ClN4O2/c25-21-7-8-22(26-18-21)27-14-16-29(17-15-27)24(31)20-10-12-28(13-11-20)23(30)9-6-19-4-2-1-3-5-19/h1-5,7-8,18,20H,6,9-17H2. The van der Waals surface area contributed by atoms with Gasteiger partial charge in [0.05, 0.1) is 5.02 Å². The van der Waals surface area contributed by atoms with Gasteiger partial charge in [-0.1, -0.05) is 41.9 Å². The summed E-state index contributed by atoms with van der Waals surface area (Å²) in [5.74, 6) is 1.36. The molecule has 0 spiro atoms. The molecule has 31 heavy (non-hydrogen) atoms. The summed E-state index contributed by atoms with van der Waals surface area (Å²) < 4.78 is 0. The molecule has 2 saturated heterocycles. The Bertz CT molecular complexity index is 874. The first-order chi connectivity index (χ1) is 15.1. The Kier molecular flexibility index (Phi) is 7.07. The molecule has 0 aliphatic carbocycles. The first-order valence-corrected chi connectivity index (χ1v) is 11.4. The summed E-state index contributed by atoms with van der Waals surface area (Å²) in [6, 6.07) is 13.9. The van der Waals surface area contributed by atoms with Crippen LogP contribution < -0.4 is 4.90 Å². The van der Waals surface area contributed by atoms with Gasteiger partial charge in [0.25, 0.3) is 0 Å². The van der Waals surface area contributed by atoms with Crippen molar-refractivity contribution in [2.75, 3.05) is 44.2 Å². The number of rotatable bonds is 5. The maximum absolute atomic E-state index is 13.0. The van der Waals surface area contributed by atoms with Crippen molar-refractivity contribution >= 4 is 29.2 Å². The van der Waals surface area contributed by atoms with Gasteiger partial charge >= 0.3 is 0 Å². The summed E-state index contributed by atoms with van der Waals surface area (Å²) >= 11 is 5.92. The van der Waals surface area contributed by atoms with Gasteiger partial charge in [0.1, 0.15) is 5.82 Å². The molecule has 2 aliphatic heterocycles. The predicted octanol–water partition coefficient (Wildman–Crippen LogP) is 3.26. The number of aromatic nitrogens is 1. The van der Waals surface area contributed by atoms with Gasteiger partial charge in [-0.05, 0) is 37.0 Å². The average Bonchev–Trinajstić information content (AvgIpc) is 2.83. The minimum atomic E-state index is 0.0263. The van der Waals surface area contributed by atoms with E-state index >= 15 is 0 Å². The van der Waals surface area contributed by atoms with E-state index in [1.165, 1.54) is 5.56 Å². The number of hydrogen-bond donors (Lipinski definition) is 0. The number of piperidine rings is 1. The van der Waals surface area contributed by atoms with Crippen LogP contribution in [0.15, 0.2) is 48.7 Å². The molecule has 2 fully saturated rings. The van der Waals surface area contributed by atoms with Crippen LogP contribution in [0.25, 0.3) is 0 Å². The van der Waals surface area contributed by atoms with E-state index in [1.54, 1.807) is 6.20 Å². The predicted molar refractivity (Wildman–Crippen MR) is 122 cm³/mol. The van der Waals surface area contributed by atoms with Gasteiger partial charge in [-0.15, -0.1) is 0 Å². The first kappa shape index (κ1) is 21.6. The topological polar surface area (TPSA) is 56.8 Å². The van der Waals surface area contributed by atoms with E-state index in [9.17, 15) is 9.59 Å². The normalized spacial score (nSPS) is 17.6. The Morgan fingerprint density at radius 1 is 0.903 bits per heavy atom. The number of likely N-dealkylation sites (tertiary alicyclic amines) is 1. The van der Waals surface area contributed by atoms with E-state index in [2.05, 4.69) is 22.0 Å². The molecule has 2 aliphatic rings. The lowest BCUT2D eigenvalue weighted by Crippen LogP contribution is -2.52. The number of pyridine rings is 1. The molecule has 2 amide bonds. The van der Waals surface area contributed by atoms with E-state index in [0.717, 1.165) is 38.2 Å².